The lowest BCUT2D eigenvalue weighted by atomic mass is 9.82. The Morgan fingerprint density at radius 3 is 2.32 bits per heavy atom. The summed E-state index contributed by atoms with van der Waals surface area (Å²) in [6.45, 7) is 13.7. The maximum atomic E-state index is 14.6. The quantitative estimate of drug-likeness (QED) is 0.0327. The minimum atomic E-state index is -1.89. The predicted octanol–water partition coefficient (Wildman–Crippen LogP) is 6.89. The number of hydrogen-bond donors (Lipinski definition) is 5. The van der Waals surface area contributed by atoms with Crippen LogP contribution in [0.5, 0.6) is 5.75 Å². The van der Waals surface area contributed by atoms with Crippen LogP contribution in [-0.4, -0.2) is 178 Å². The van der Waals surface area contributed by atoms with E-state index in [1.165, 1.54) is 45.0 Å². The predicted molar refractivity (Wildman–Crippen MR) is 335 cm³/mol. The fraction of sp³-hybridized carbons (Fsp3) is 0.585. The van der Waals surface area contributed by atoms with E-state index in [1.807, 2.05) is 32.1 Å². The van der Waals surface area contributed by atoms with Gasteiger partial charge in [-0.3, -0.25) is 39.4 Å². The fourth-order valence-corrected chi connectivity index (χ4v) is 11.2. The highest BCUT2D eigenvalue weighted by Crippen LogP contribution is 2.49. The zero-order valence-corrected chi connectivity index (χ0v) is 54.8. The molecule has 91 heavy (non-hydrogen) atoms. The van der Waals surface area contributed by atoms with Gasteiger partial charge < -0.3 is 68.0 Å². The van der Waals surface area contributed by atoms with Gasteiger partial charge in [0.2, 0.25) is 17.7 Å². The number of Topliss-reactive ketones (excluding diaryl/α,β-unsaturated/α-hetero) is 1. The van der Waals surface area contributed by atoms with Gasteiger partial charge in [-0.25, -0.2) is 14.4 Å². The van der Waals surface area contributed by atoms with Crippen molar-refractivity contribution in [3.63, 3.8) is 0 Å². The molecule has 6 rings (SSSR count). The molecule has 4 aliphatic rings. The second kappa shape index (κ2) is 33.8. The normalized spacial score (nSPS) is 26.4. The molecule has 0 radical (unpaired) electrons. The highest BCUT2D eigenvalue weighted by atomic mass is 32.2. The number of anilines is 2. The van der Waals surface area contributed by atoms with E-state index in [0.29, 0.717) is 17.7 Å². The molecule has 0 spiro atoms. The molecule has 0 aromatic heterocycles. The van der Waals surface area contributed by atoms with Crippen LogP contribution in [0.15, 0.2) is 66.3 Å². The number of rotatable bonds is 23. The van der Waals surface area contributed by atoms with E-state index in [4.69, 9.17) is 47.4 Å². The summed E-state index contributed by atoms with van der Waals surface area (Å²) in [5.74, 6) is -5.35. The van der Waals surface area contributed by atoms with Crippen LogP contribution in [0.1, 0.15) is 115 Å². The summed E-state index contributed by atoms with van der Waals surface area (Å²) in [6.07, 6.45) is 4.32. The number of epoxide rings is 1. The number of thioether (sulfide) groups is 1. The van der Waals surface area contributed by atoms with Crippen molar-refractivity contribution >= 4 is 76.7 Å². The number of fused-ring (bicyclic) bond motifs is 5. The molecular formula is C65H89N5O20S. The Hall–Kier alpha value is -7.36. The van der Waals surface area contributed by atoms with Crippen molar-refractivity contribution in [1.29, 1.82) is 0 Å². The standard InChI is InChI=1S/C65H89N5O20S/c1-37-15-13-17-53(82-11)65(80)32-52(88-63(79)69-65)42(6)58-64(8,90-58)54(31-50(71)40(4)47-28-45(27-37)30-51(81-10)41(47)5)89-61(77)43(7)70(9)57(74)23-26-85-59(75)38(2)18-19-39(3)60(76)86-33-44-20-21-48(68-62(78)87-46-16-14-25-83-36-84-34-46)49(29-44)67-55(72)22-24-66-56(73)35-91-12/h13-17,20-21,28-30,38-40,42-43,46,52-54,58,80H,18-19,22-27,31-36H2,1-12H3,(H,66,73)(H,67,72)(H,68,78)(H,69,79)/b16-14+,17-13+,37-15+/t38?,39?,40?,42-,43+,46?,52+,53?,54+,58+,64+,65?/m1/s1. The first-order chi connectivity index (χ1) is 43.2. The van der Waals surface area contributed by atoms with Gasteiger partial charge in [-0.1, -0.05) is 69.7 Å². The molecule has 4 bridgehead atoms. The van der Waals surface area contributed by atoms with Gasteiger partial charge in [0.25, 0.3) is 0 Å². The summed E-state index contributed by atoms with van der Waals surface area (Å²) in [6, 6.07) is 7.32. The van der Waals surface area contributed by atoms with Crippen molar-refractivity contribution in [3.05, 3.63) is 88.5 Å². The van der Waals surface area contributed by atoms with Crippen molar-refractivity contribution in [2.24, 2.45) is 17.8 Å². The highest BCUT2D eigenvalue weighted by Gasteiger charge is 2.64. The van der Waals surface area contributed by atoms with Crippen LogP contribution in [0.25, 0.3) is 0 Å². The molecule has 2 aromatic rings. The minimum absolute atomic E-state index is 0.0326. The average Bonchev–Trinajstić information content (AvgIpc) is 1.60. The summed E-state index contributed by atoms with van der Waals surface area (Å²) >= 11 is 1.34. The van der Waals surface area contributed by atoms with E-state index in [1.54, 1.807) is 78.4 Å². The first-order valence-corrected chi connectivity index (χ1v) is 31.8. The van der Waals surface area contributed by atoms with Gasteiger partial charge in [0, 0.05) is 51.8 Å². The van der Waals surface area contributed by atoms with E-state index in [0.717, 1.165) is 27.2 Å². The molecule has 1 aliphatic carbocycles. The molecule has 26 heteroatoms. The lowest BCUT2D eigenvalue weighted by Crippen LogP contribution is -2.63. The van der Waals surface area contributed by atoms with Gasteiger partial charge in [0.1, 0.15) is 67.6 Å². The SMILES string of the molecule is COc1cc2cc(c1C)C(C)C(=O)C[C@H](OC(=O)[C@H](C)N(C)C(=O)CCOC(=O)C(C)CCC(C)C(=O)OCc1ccc(NC(=O)OC3/C=C/COCOC3)c(NC(=O)CCNC(=O)CSC)c1)[C@]1(C)O[C@H]1[C@H](C)[C@@H]1CC(O)(NC(=O)O1)C(OC)/C=C/C=C(\C)C2. The Morgan fingerprint density at radius 1 is 0.890 bits per heavy atom. The Kier molecular flexibility index (Phi) is 27.0. The van der Waals surface area contributed by atoms with Crippen LogP contribution in [0, 0.1) is 24.7 Å². The zero-order valence-electron chi connectivity index (χ0n) is 54.0. The molecule has 5 N–H and O–H groups in total. The number of methoxy groups -OCH3 is 2. The van der Waals surface area contributed by atoms with Crippen LogP contribution in [0.2, 0.25) is 0 Å². The van der Waals surface area contributed by atoms with Crippen LogP contribution in [0.3, 0.4) is 0 Å². The first-order valence-electron chi connectivity index (χ1n) is 30.4. The molecule has 2 fully saturated rings. The number of aliphatic hydroxyl groups is 1. The summed E-state index contributed by atoms with van der Waals surface area (Å²) in [5, 5.41) is 22.5. The van der Waals surface area contributed by atoms with E-state index in [-0.39, 0.29) is 107 Å². The number of nitrogens with one attached hydrogen (secondary N) is 4. The van der Waals surface area contributed by atoms with Crippen molar-refractivity contribution < 1.29 is 95.6 Å². The number of alkyl carbamates (subject to hydrolysis) is 1. The van der Waals surface area contributed by atoms with E-state index >= 15 is 0 Å². The molecule has 5 amide bonds. The maximum absolute atomic E-state index is 14.6. The lowest BCUT2D eigenvalue weighted by Gasteiger charge is -2.42. The monoisotopic (exact) mass is 1290 g/mol. The Labute approximate surface area is 535 Å². The number of nitrogens with zero attached hydrogens (tertiary/aromatic N) is 1. The molecule has 25 nitrogen and oxygen atoms in total. The largest absolute Gasteiger partial charge is 0.496 e. The van der Waals surface area contributed by atoms with Gasteiger partial charge in [0.05, 0.1) is 61.8 Å². The van der Waals surface area contributed by atoms with Crippen molar-refractivity contribution in [2.75, 3.05) is 77.1 Å². The smallest absolute Gasteiger partial charge is 0.412 e. The third kappa shape index (κ3) is 20.6. The van der Waals surface area contributed by atoms with Gasteiger partial charge in [-0.05, 0) is 99.7 Å². The molecule has 500 valence electrons. The summed E-state index contributed by atoms with van der Waals surface area (Å²) in [4.78, 5) is 121. The third-order valence-corrected chi connectivity index (χ3v) is 17.3. The van der Waals surface area contributed by atoms with Gasteiger partial charge in [-0.15, -0.1) is 0 Å². The molecule has 0 saturated carbocycles. The van der Waals surface area contributed by atoms with E-state index < -0.39 is 113 Å². The number of esters is 3. The first kappa shape index (κ1) is 72.7. The molecule has 2 aromatic carbocycles. The number of carbonyl (C=O) groups is 9. The van der Waals surface area contributed by atoms with E-state index in [2.05, 4.69) is 21.3 Å². The number of allylic oxidation sites excluding steroid dienone is 3. The number of benzene rings is 2. The molecule has 6 unspecified atom stereocenters. The summed E-state index contributed by atoms with van der Waals surface area (Å²) < 4.78 is 56.9. The van der Waals surface area contributed by atoms with Crippen LogP contribution >= 0.6 is 11.8 Å². The average molecular weight is 1290 g/mol. The topological polar surface area (TPSA) is 321 Å². The number of hydrogen-bond acceptors (Lipinski definition) is 21. The lowest BCUT2D eigenvalue weighted by molar-refractivity contribution is -0.163. The number of likely N-dealkylation sites (N-methyl/N-ethyl adjacent to an activating group) is 1. The molecule has 3 aliphatic heterocycles. The number of ether oxygens (including phenoxy) is 10. The van der Waals surface area contributed by atoms with Crippen LogP contribution in [0.4, 0.5) is 21.0 Å². The molecular weight excluding hydrogens is 1200 g/mol. The van der Waals surface area contributed by atoms with Crippen molar-refractivity contribution in [1.82, 2.24) is 15.5 Å². The van der Waals surface area contributed by atoms with Crippen molar-refractivity contribution in [2.45, 2.75) is 161 Å². The Balaban J connectivity index is 1.03. The zero-order chi connectivity index (χ0) is 66.7. The summed E-state index contributed by atoms with van der Waals surface area (Å²) in [7, 11) is 4.38. The maximum Gasteiger partial charge on any atom is 0.412 e. The van der Waals surface area contributed by atoms with Crippen LogP contribution < -0.4 is 26.0 Å². The van der Waals surface area contributed by atoms with Gasteiger partial charge >= 0.3 is 30.1 Å². The minimum Gasteiger partial charge on any atom is -0.496 e. The number of amides is 5. The summed E-state index contributed by atoms with van der Waals surface area (Å²) in [5.41, 5.74) is 0.945. The number of carbonyl (C=O) groups excluding carboxylic acids is 9. The molecule has 2 saturated heterocycles. The Bertz CT molecular complexity index is 3050. The van der Waals surface area contributed by atoms with Gasteiger partial charge in [-0.2, -0.15) is 11.8 Å². The van der Waals surface area contributed by atoms with Gasteiger partial charge in [0.15, 0.2) is 5.72 Å². The number of ketones is 1. The molecule has 12 atom stereocenters. The fourth-order valence-electron chi connectivity index (χ4n) is 10.9. The Morgan fingerprint density at radius 2 is 1.62 bits per heavy atom. The molecule has 3 heterocycles. The third-order valence-electron chi connectivity index (χ3n) is 16.7. The second-order valence-electron chi connectivity index (χ2n) is 23.7. The van der Waals surface area contributed by atoms with E-state index in [9.17, 15) is 48.3 Å². The highest BCUT2D eigenvalue weighted by molar-refractivity contribution is 7.99. The second-order valence-corrected chi connectivity index (χ2v) is 24.6. The van der Waals surface area contributed by atoms with Crippen molar-refractivity contribution in [3.8, 4) is 5.75 Å². The van der Waals surface area contributed by atoms with Crippen LogP contribution in [-0.2, 0) is 89.2 Å².